The highest BCUT2D eigenvalue weighted by atomic mass is 32.2. The molecule has 0 aliphatic rings. The summed E-state index contributed by atoms with van der Waals surface area (Å²) in [4.78, 5) is 7.11. The average Bonchev–Trinajstić information content (AvgIpc) is 3.06. The van der Waals surface area contributed by atoms with Crippen molar-refractivity contribution in [2.24, 2.45) is 0 Å². The first kappa shape index (κ1) is 14.8. The second kappa shape index (κ2) is 6.21. The summed E-state index contributed by atoms with van der Waals surface area (Å²) in [6, 6.07) is 1.68. The van der Waals surface area contributed by atoms with E-state index in [0.29, 0.717) is 12.4 Å². The van der Waals surface area contributed by atoms with Crippen LogP contribution in [0.4, 0.5) is 0 Å². The number of rotatable bonds is 7. The third-order valence-electron chi connectivity index (χ3n) is 2.95. The molecule has 0 bridgehead atoms. The number of H-pyrrole nitrogens is 1. The molecule has 0 aliphatic heterocycles. The number of hydrogen-bond acceptors (Lipinski definition) is 4. The molecule has 2 aromatic heterocycles. The molecule has 0 spiro atoms. The molecule has 0 atom stereocenters. The van der Waals surface area contributed by atoms with Gasteiger partial charge in [0.2, 0.25) is 10.0 Å². The molecule has 7 nitrogen and oxygen atoms in total. The largest absolute Gasteiger partial charge is 0.349 e. The van der Waals surface area contributed by atoms with Crippen LogP contribution in [0.25, 0.3) is 0 Å². The van der Waals surface area contributed by atoms with Crippen molar-refractivity contribution >= 4 is 10.0 Å². The second-order valence-corrected chi connectivity index (χ2v) is 6.11. The molecular formula is C12H19N5O2S. The summed E-state index contributed by atoms with van der Waals surface area (Å²) in [5.74, 6) is 0.582. The molecule has 0 unspecified atom stereocenters. The zero-order chi connectivity index (χ0) is 14.6. The molecule has 3 N–H and O–H groups in total. The first-order valence-electron chi connectivity index (χ1n) is 6.38. The molecule has 0 fully saturated rings. The van der Waals surface area contributed by atoms with E-state index in [-0.39, 0.29) is 11.4 Å². The summed E-state index contributed by atoms with van der Waals surface area (Å²) >= 11 is 0. The predicted molar refractivity (Wildman–Crippen MR) is 75.5 cm³/mol. The van der Waals surface area contributed by atoms with Gasteiger partial charge >= 0.3 is 0 Å². The van der Waals surface area contributed by atoms with Gasteiger partial charge in [0.05, 0.1) is 11.4 Å². The van der Waals surface area contributed by atoms with Gasteiger partial charge < -0.3 is 14.9 Å². The molecule has 0 aliphatic carbocycles. The zero-order valence-electron chi connectivity index (χ0n) is 11.5. The lowest BCUT2D eigenvalue weighted by Gasteiger charge is -2.03. The van der Waals surface area contributed by atoms with Crippen LogP contribution >= 0.6 is 0 Å². The van der Waals surface area contributed by atoms with Crippen LogP contribution in [-0.2, 0) is 29.7 Å². The average molecular weight is 297 g/mol. The van der Waals surface area contributed by atoms with Gasteiger partial charge in [-0.2, -0.15) is 0 Å². The van der Waals surface area contributed by atoms with Crippen LogP contribution < -0.4 is 10.0 Å². The third kappa shape index (κ3) is 3.27. The third-order valence-corrected chi connectivity index (χ3v) is 4.32. The highest BCUT2D eigenvalue weighted by Gasteiger charge is 2.18. The normalized spacial score (nSPS) is 11.9. The minimum atomic E-state index is -3.53. The van der Waals surface area contributed by atoms with E-state index < -0.39 is 10.0 Å². The van der Waals surface area contributed by atoms with E-state index in [2.05, 4.69) is 20.0 Å². The number of hydrogen-bond donors (Lipinski definition) is 3. The molecule has 2 heterocycles. The molecule has 2 rings (SSSR count). The second-order valence-electron chi connectivity index (χ2n) is 4.34. The minimum absolute atomic E-state index is 0.147. The molecule has 8 heteroatoms. The molecule has 0 saturated carbocycles. The van der Waals surface area contributed by atoms with Crippen LogP contribution in [0.1, 0.15) is 18.4 Å². The molecule has 2 aromatic rings. The lowest BCUT2D eigenvalue weighted by atomic mass is 10.4. The van der Waals surface area contributed by atoms with Gasteiger partial charge in [0.25, 0.3) is 0 Å². The van der Waals surface area contributed by atoms with Gasteiger partial charge in [-0.25, -0.2) is 18.1 Å². The van der Waals surface area contributed by atoms with E-state index in [1.807, 2.05) is 18.5 Å². The quantitative estimate of drug-likeness (QED) is 0.691. The van der Waals surface area contributed by atoms with E-state index in [4.69, 9.17) is 0 Å². The number of sulfonamides is 1. The standard InChI is InChI=1S/C12H19N5O2S/c1-3-17-9-11(6-10(17)7-13-2)20(18,19)16-8-12-14-4-5-15-12/h4-6,9,13,16H,3,7-8H2,1-2H3,(H,14,15). The number of nitrogens with zero attached hydrogens (tertiary/aromatic N) is 2. The Morgan fingerprint density at radius 3 is 2.80 bits per heavy atom. The van der Waals surface area contributed by atoms with Gasteiger partial charge in [-0.3, -0.25) is 0 Å². The fourth-order valence-corrected chi connectivity index (χ4v) is 2.99. The van der Waals surface area contributed by atoms with Crippen molar-refractivity contribution in [2.45, 2.75) is 31.5 Å². The lowest BCUT2D eigenvalue weighted by Crippen LogP contribution is -2.23. The lowest BCUT2D eigenvalue weighted by molar-refractivity contribution is 0.579. The van der Waals surface area contributed by atoms with Crippen LogP contribution in [0.2, 0.25) is 0 Å². The van der Waals surface area contributed by atoms with Crippen molar-refractivity contribution in [1.29, 1.82) is 0 Å². The Bertz CT molecular complexity index is 645. The Kier molecular flexibility index (Phi) is 4.58. The summed E-state index contributed by atoms with van der Waals surface area (Å²) in [5, 5.41) is 3.03. The molecular weight excluding hydrogens is 278 g/mol. The van der Waals surface area contributed by atoms with E-state index >= 15 is 0 Å². The number of aryl methyl sites for hydroxylation is 1. The number of nitrogens with one attached hydrogen (secondary N) is 3. The van der Waals surface area contributed by atoms with Crippen LogP contribution in [0.5, 0.6) is 0 Å². The molecule has 0 aromatic carbocycles. The maximum atomic E-state index is 12.2. The molecule has 20 heavy (non-hydrogen) atoms. The highest BCUT2D eigenvalue weighted by Crippen LogP contribution is 2.14. The minimum Gasteiger partial charge on any atom is -0.349 e. The van der Waals surface area contributed by atoms with E-state index in [1.54, 1.807) is 24.7 Å². The van der Waals surface area contributed by atoms with Gasteiger partial charge in [-0.05, 0) is 20.0 Å². The summed E-state index contributed by atoms with van der Waals surface area (Å²) in [7, 11) is -1.70. The first-order valence-corrected chi connectivity index (χ1v) is 7.86. The van der Waals surface area contributed by atoms with Gasteiger partial charge in [0, 0.05) is 37.4 Å². The summed E-state index contributed by atoms with van der Waals surface area (Å²) in [6.45, 7) is 3.48. The van der Waals surface area contributed by atoms with Crippen LogP contribution in [0.3, 0.4) is 0 Å². The summed E-state index contributed by atoms with van der Waals surface area (Å²) in [5.41, 5.74) is 0.938. The Hall–Kier alpha value is -1.64. The maximum absolute atomic E-state index is 12.2. The van der Waals surface area contributed by atoms with E-state index in [1.165, 1.54) is 0 Å². The predicted octanol–water partition coefficient (Wildman–Crippen LogP) is 0.429. The van der Waals surface area contributed by atoms with Crippen molar-refractivity contribution in [1.82, 2.24) is 24.6 Å². The summed E-state index contributed by atoms with van der Waals surface area (Å²) < 4.78 is 28.9. The van der Waals surface area contributed by atoms with Crippen LogP contribution in [0.15, 0.2) is 29.6 Å². The molecule has 110 valence electrons. The number of imidazole rings is 1. The van der Waals surface area contributed by atoms with Crippen LogP contribution in [-0.4, -0.2) is 30.0 Å². The fraction of sp³-hybridized carbons (Fsp3) is 0.417. The Morgan fingerprint density at radius 1 is 1.40 bits per heavy atom. The van der Waals surface area contributed by atoms with E-state index in [0.717, 1.165) is 12.2 Å². The van der Waals surface area contributed by atoms with Crippen LogP contribution in [0, 0.1) is 0 Å². The maximum Gasteiger partial charge on any atom is 0.242 e. The van der Waals surface area contributed by atoms with E-state index in [9.17, 15) is 8.42 Å². The number of aromatic amines is 1. The number of aromatic nitrogens is 3. The monoisotopic (exact) mass is 297 g/mol. The molecule has 0 saturated heterocycles. The van der Waals surface area contributed by atoms with Gasteiger partial charge in [0.15, 0.2) is 0 Å². The van der Waals surface area contributed by atoms with Gasteiger partial charge in [-0.15, -0.1) is 0 Å². The smallest absolute Gasteiger partial charge is 0.242 e. The van der Waals surface area contributed by atoms with Crippen molar-refractivity contribution in [2.75, 3.05) is 7.05 Å². The summed E-state index contributed by atoms with van der Waals surface area (Å²) in [6.07, 6.45) is 4.89. The highest BCUT2D eigenvalue weighted by molar-refractivity contribution is 7.89. The van der Waals surface area contributed by atoms with Crippen molar-refractivity contribution in [3.8, 4) is 0 Å². The topological polar surface area (TPSA) is 91.8 Å². The zero-order valence-corrected chi connectivity index (χ0v) is 12.4. The Morgan fingerprint density at radius 2 is 2.20 bits per heavy atom. The first-order chi connectivity index (χ1) is 9.56. The SMILES string of the molecule is CCn1cc(S(=O)(=O)NCc2ncc[nH]2)cc1CNC. The van der Waals surface area contributed by atoms with Gasteiger partial charge in [0.1, 0.15) is 5.82 Å². The molecule has 0 radical (unpaired) electrons. The Balaban J connectivity index is 2.16. The van der Waals surface area contributed by atoms with Gasteiger partial charge in [-0.1, -0.05) is 0 Å². The molecule has 0 amide bonds. The fourth-order valence-electron chi connectivity index (χ4n) is 1.94. The van der Waals surface area contributed by atoms with Crippen molar-refractivity contribution < 1.29 is 8.42 Å². The van der Waals surface area contributed by atoms with Crippen molar-refractivity contribution in [3.05, 3.63) is 36.2 Å². The van der Waals surface area contributed by atoms with Crippen molar-refractivity contribution in [3.63, 3.8) is 0 Å². The Labute approximate surface area is 118 Å².